The van der Waals surface area contributed by atoms with Crippen LogP contribution < -0.4 is 4.90 Å². The monoisotopic (exact) mass is 406 g/mol. The highest BCUT2D eigenvalue weighted by Crippen LogP contribution is 2.39. The van der Waals surface area contributed by atoms with Crippen LogP contribution >= 0.6 is 11.6 Å². The van der Waals surface area contributed by atoms with Crippen LogP contribution in [0.5, 0.6) is 0 Å². The van der Waals surface area contributed by atoms with Gasteiger partial charge >= 0.3 is 5.97 Å². The van der Waals surface area contributed by atoms with Crippen molar-refractivity contribution in [3.05, 3.63) is 46.8 Å². The van der Waals surface area contributed by atoms with Gasteiger partial charge in [-0.3, -0.25) is 4.79 Å². The number of allylic oxidation sites excluding steroid dienone is 1. The Balaban J connectivity index is 2.16. The number of alkyl halides is 1. The molecule has 0 aliphatic carbocycles. The second-order valence-corrected chi connectivity index (χ2v) is 7.63. The SMILES string of the molecule is [C-]#[N+]c1cc(C(O)CO)c(C)cc1N1CCC(Cl)C1C/C=C\CCCC(=O)O. The number of hydrogen-bond acceptors (Lipinski definition) is 4. The number of carboxylic acids is 1. The molecule has 0 radical (unpaired) electrons. The molecule has 1 heterocycles. The van der Waals surface area contributed by atoms with E-state index in [1.165, 1.54) is 0 Å². The molecule has 1 saturated heterocycles. The van der Waals surface area contributed by atoms with E-state index >= 15 is 0 Å². The van der Waals surface area contributed by atoms with E-state index in [9.17, 15) is 15.0 Å². The lowest BCUT2D eigenvalue weighted by Gasteiger charge is -2.29. The molecule has 1 aliphatic rings. The Morgan fingerprint density at radius 1 is 1.46 bits per heavy atom. The minimum atomic E-state index is -1.00. The number of benzene rings is 1. The molecule has 0 bridgehead atoms. The lowest BCUT2D eigenvalue weighted by Crippen LogP contribution is -2.33. The van der Waals surface area contributed by atoms with Gasteiger partial charge in [0, 0.05) is 24.7 Å². The van der Waals surface area contributed by atoms with E-state index in [1.54, 1.807) is 6.07 Å². The van der Waals surface area contributed by atoms with Crippen molar-refractivity contribution in [1.82, 2.24) is 0 Å². The molecule has 3 unspecified atom stereocenters. The fourth-order valence-corrected chi connectivity index (χ4v) is 3.93. The second kappa shape index (κ2) is 10.5. The number of hydrogen-bond donors (Lipinski definition) is 3. The third-order valence-electron chi connectivity index (χ3n) is 5.09. The van der Waals surface area contributed by atoms with Crippen LogP contribution in [0, 0.1) is 13.5 Å². The van der Waals surface area contributed by atoms with Crippen LogP contribution in [0.25, 0.3) is 4.85 Å². The molecular weight excluding hydrogens is 380 g/mol. The molecule has 6 nitrogen and oxygen atoms in total. The van der Waals surface area contributed by atoms with E-state index in [0.29, 0.717) is 24.1 Å². The van der Waals surface area contributed by atoms with Crippen molar-refractivity contribution in [3.8, 4) is 0 Å². The van der Waals surface area contributed by atoms with E-state index in [-0.39, 0.29) is 24.4 Å². The largest absolute Gasteiger partial charge is 0.481 e. The number of rotatable bonds is 9. The summed E-state index contributed by atoms with van der Waals surface area (Å²) in [6.07, 6.45) is 6.05. The fourth-order valence-electron chi connectivity index (χ4n) is 3.59. The number of carbonyl (C=O) groups is 1. The summed E-state index contributed by atoms with van der Waals surface area (Å²) in [6.45, 7) is 9.75. The first-order chi connectivity index (χ1) is 13.4. The van der Waals surface area contributed by atoms with E-state index < -0.39 is 12.1 Å². The molecule has 1 aliphatic heterocycles. The number of aliphatic hydroxyl groups is 2. The van der Waals surface area contributed by atoms with Gasteiger partial charge in [-0.1, -0.05) is 12.2 Å². The molecule has 3 N–H and O–H groups in total. The molecule has 0 aromatic heterocycles. The number of nitrogens with zero attached hydrogens (tertiary/aromatic N) is 2. The van der Waals surface area contributed by atoms with Gasteiger partial charge in [0.2, 0.25) is 5.69 Å². The van der Waals surface area contributed by atoms with Crippen LogP contribution in [-0.2, 0) is 4.79 Å². The van der Waals surface area contributed by atoms with Gasteiger partial charge in [-0.05, 0) is 55.9 Å². The van der Waals surface area contributed by atoms with Gasteiger partial charge in [-0.25, -0.2) is 4.85 Å². The number of halogens is 1. The van der Waals surface area contributed by atoms with Gasteiger partial charge in [0.05, 0.1) is 18.6 Å². The zero-order valence-electron chi connectivity index (χ0n) is 16.0. The minimum Gasteiger partial charge on any atom is -0.481 e. The number of aliphatic carboxylic acids is 1. The predicted octanol–water partition coefficient (Wildman–Crippen LogP) is 3.96. The Kier molecular flexibility index (Phi) is 8.31. The molecule has 1 fully saturated rings. The van der Waals surface area contributed by atoms with Crippen molar-refractivity contribution in [2.75, 3.05) is 18.1 Å². The highest BCUT2D eigenvalue weighted by Gasteiger charge is 2.33. The molecule has 3 atom stereocenters. The van der Waals surface area contributed by atoms with E-state index in [4.69, 9.17) is 23.3 Å². The van der Waals surface area contributed by atoms with Crippen LogP contribution in [0.15, 0.2) is 24.3 Å². The standard InChI is InChI=1S/C21H27ClN2O4/c1-14-11-19(17(23-2)12-15(14)20(26)13-25)24-10-9-16(22)18(24)7-5-3-4-6-8-21(27)28/h3,5,11-12,16,18,20,25-26H,4,6-10,13H2,1H3,(H,27,28)/b5-3-. The number of anilines is 1. The summed E-state index contributed by atoms with van der Waals surface area (Å²) >= 11 is 6.54. The summed E-state index contributed by atoms with van der Waals surface area (Å²) in [5.74, 6) is -0.784. The number of aryl methyl sites for hydroxylation is 1. The topological polar surface area (TPSA) is 85.4 Å². The van der Waals surface area contributed by atoms with E-state index in [0.717, 1.165) is 30.6 Å². The average Bonchev–Trinajstić information content (AvgIpc) is 3.03. The lowest BCUT2D eigenvalue weighted by atomic mass is 10.0. The Labute approximate surface area is 170 Å². The summed E-state index contributed by atoms with van der Waals surface area (Å²) in [5, 5.41) is 27.8. The third-order valence-corrected chi connectivity index (χ3v) is 5.60. The molecule has 152 valence electrons. The number of carboxylic acid groups (broad SMARTS) is 1. The van der Waals surface area contributed by atoms with Crippen molar-refractivity contribution in [2.24, 2.45) is 0 Å². The van der Waals surface area contributed by atoms with Crippen LogP contribution in [0.4, 0.5) is 11.4 Å². The molecular formula is C21H27ClN2O4. The Morgan fingerprint density at radius 3 is 2.86 bits per heavy atom. The molecule has 2 rings (SSSR count). The summed E-state index contributed by atoms with van der Waals surface area (Å²) in [7, 11) is 0. The zero-order valence-corrected chi connectivity index (χ0v) is 16.8. The summed E-state index contributed by atoms with van der Waals surface area (Å²) in [5.41, 5.74) is 2.63. The van der Waals surface area contributed by atoms with Gasteiger partial charge in [-0.15, -0.1) is 11.6 Å². The highest BCUT2D eigenvalue weighted by atomic mass is 35.5. The quantitative estimate of drug-likeness (QED) is 0.250. The summed E-state index contributed by atoms with van der Waals surface area (Å²) < 4.78 is 0. The normalized spacial score (nSPS) is 20.5. The first kappa shape index (κ1) is 22.2. The van der Waals surface area contributed by atoms with Crippen LogP contribution in [0.1, 0.15) is 49.3 Å². The second-order valence-electron chi connectivity index (χ2n) is 7.07. The Bertz CT molecular complexity index is 760. The maximum absolute atomic E-state index is 10.6. The van der Waals surface area contributed by atoms with Crippen LogP contribution in [-0.4, -0.2) is 45.9 Å². The van der Waals surface area contributed by atoms with E-state index in [1.807, 2.05) is 25.1 Å². The average molecular weight is 407 g/mol. The Hall–Kier alpha value is -2.07. The van der Waals surface area contributed by atoms with Crippen LogP contribution in [0.2, 0.25) is 0 Å². The molecule has 1 aromatic rings. The molecule has 7 heteroatoms. The van der Waals surface area contributed by atoms with Crippen molar-refractivity contribution >= 4 is 28.9 Å². The summed E-state index contributed by atoms with van der Waals surface area (Å²) in [4.78, 5) is 16.3. The smallest absolute Gasteiger partial charge is 0.303 e. The molecule has 28 heavy (non-hydrogen) atoms. The van der Waals surface area contributed by atoms with Gasteiger partial charge in [0.25, 0.3) is 0 Å². The minimum absolute atomic E-state index is 0.0368. The lowest BCUT2D eigenvalue weighted by molar-refractivity contribution is -0.137. The number of aliphatic hydroxyl groups excluding tert-OH is 2. The maximum atomic E-state index is 10.6. The van der Waals surface area contributed by atoms with Crippen molar-refractivity contribution in [1.29, 1.82) is 0 Å². The molecule has 1 aromatic carbocycles. The van der Waals surface area contributed by atoms with Gasteiger partial charge in [-0.2, -0.15) is 0 Å². The highest BCUT2D eigenvalue weighted by molar-refractivity contribution is 6.21. The van der Waals surface area contributed by atoms with Crippen molar-refractivity contribution in [3.63, 3.8) is 0 Å². The Morgan fingerprint density at radius 2 is 2.21 bits per heavy atom. The van der Waals surface area contributed by atoms with Crippen molar-refractivity contribution < 1.29 is 20.1 Å². The molecule has 0 saturated carbocycles. The maximum Gasteiger partial charge on any atom is 0.303 e. The van der Waals surface area contributed by atoms with E-state index in [2.05, 4.69) is 9.74 Å². The fraction of sp³-hybridized carbons (Fsp3) is 0.524. The zero-order chi connectivity index (χ0) is 20.7. The van der Waals surface area contributed by atoms with Gasteiger partial charge in [0.1, 0.15) is 6.10 Å². The van der Waals surface area contributed by atoms with Crippen molar-refractivity contribution in [2.45, 2.75) is 56.6 Å². The molecule has 0 amide bonds. The first-order valence-corrected chi connectivity index (χ1v) is 9.91. The van der Waals surface area contributed by atoms with Gasteiger partial charge < -0.3 is 20.2 Å². The molecule has 0 spiro atoms. The van der Waals surface area contributed by atoms with Crippen LogP contribution in [0.3, 0.4) is 0 Å². The first-order valence-electron chi connectivity index (χ1n) is 9.47. The summed E-state index contributed by atoms with van der Waals surface area (Å²) in [6, 6.07) is 3.59. The van der Waals surface area contributed by atoms with Gasteiger partial charge in [0.15, 0.2) is 0 Å². The predicted molar refractivity (Wildman–Crippen MR) is 110 cm³/mol. The number of unbranched alkanes of at least 4 members (excludes halogenated alkanes) is 1. The third kappa shape index (κ3) is 5.48.